The molecule has 0 saturated carbocycles. The van der Waals surface area contributed by atoms with Crippen LogP contribution in [0.2, 0.25) is 0 Å². The van der Waals surface area contributed by atoms with Gasteiger partial charge in [-0.3, -0.25) is 0 Å². The Hall–Kier alpha value is 14.3. The van der Waals surface area contributed by atoms with Gasteiger partial charge in [0.15, 0.2) is 0 Å². The normalized spacial score (nSPS) is 0. The van der Waals surface area contributed by atoms with E-state index < -0.39 is 0 Å². The van der Waals surface area contributed by atoms with Gasteiger partial charge in [-0.2, -0.15) is 0 Å². The van der Waals surface area contributed by atoms with Gasteiger partial charge in [0.1, 0.15) is 0 Å². The average molecular weight is 1910 g/mol. The molecule has 55 heteroatoms. The highest BCUT2D eigenvalue weighted by Crippen LogP contribution is 0.739. The summed E-state index contributed by atoms with van der Waals surface area (Å²) in [5.41, 5.74) is 0. The molecule has 0 radical (unpaired) electrons. The Morgan fingerprint density at radius 3 is 0.0364 bits per heavy atom. The minimum Gasteiger partial charge on any atom is -0.344 e. The Balaban J connectivity index is 0. The Kier molecular flexibility index (Phi) is 43500. The summed E-state index contributed by atoms with van der Waals surface area (Å²) in [5.74, 6) is 0. The third kappa shape index (κ3) is 1470. The molecule has 0 atom stereocenters. The molecule has 0 bridgehead atoms. The topological polar surface area (TPSA) is 175 Å². The standard InChI is InChI=1S/50ClH.5H3N/h50*1H;5*1H3. The molecular formula is H65Cl50N5. The van der Waals surface area contributed by atoms with Gasteiger partial charge in [0, 0.05) is 0 Å². The minimum absolute atomic E-state index is 0. The minimum atomic E-state index is 0. The molecule has 0 aromatic heterocycles. The van der Waals surface area contributed by atoms with E-state index in [4.69, 9.17) is 0 Å². The zero-order valence-electron chi connectivity index (χ0n) is 23.9. The van der Waals surface area contributed by atoms with Crippen molar-refractivity contribution >= 4 is 620 Å². The zero-order valence-corrected chi connectivity index (χ0v) is 64.8. The molecule has 0 rings (SSSR count). The molecule has 0 amide bonds. The maximum Gasteiger partial charge on any atom is -0.147 e. The second-order valence-corrected chi connectivity index (χ2v) is 0. The van der Waals surface area contributed by atoms with E-state index in [1.807, 2.05) is 0 Å². The third-order valence-corrected chi connectivity index (χ3v) is 0. The first-order valence-corrected chi connectivity index (χ1v) is 0. The van der Waals surface area contributed by atoms with Crippen molar-refractivity contribution in [2.75, 3.05) is 0 Å². The van der Waals surface area contributed by atoms with Crippen molar-refractivity contribution in [2.45, 2.75) is 0 Å². The van der Waals surface area contributed by atoms with Crippen LogP contribution in [0, 0.1) is 0 Å². The fourth-order valence-corrected chi connectivity index (χ4v) is 0. The smallest absolute Gasteiger partial charge is 0.147 e. The van der Waals surface area contributed by atoms with Crippen molar-refractivity contribution in [3.8, 4) is 0 Å². The van der Waals surface area contributed by atoms with Gasteiger partial charge in [0.05, 0.1) is 0 Å². The lowest BCUT2D eigenvalue weighted by molar-refractivity contribution is 2.13. The van der Waals surface area contributed by atoms with Gasteiger partial charge >= 0.3 is 0 Å². The summed E-state index contributed by atoms with van der Waals surface area (Å²) < 4.78 is 0. The van der Waals surface area contributed by atoms with Crippen molar-refractivity contribution in [1.29, 1.82) is 0 Å². The van der Waals surface area contributed by atoms with E-state index in [2.05, 4.69) is 0 Å². The summed E-state index contributed by atoms with van der Waals surface area (Å²) in [5, 5.41) is 0. The third-order valence-electron chi connectivity index (χ3n) is 0. The summed E-state index contributed by atoms with van der Waals surface area (Å²) in [6, 6.07) is 0. The van der Waals surface area contributed by atoms with Crippen molar-refractivity contribution in [1.82, 2.24) is 30.8 Å². The van der Waals surface area contributed by atoms with Crippen LogP contribution in [0.15, 0.2) is 0 Å². The maximum absolute atomic E-state index is 0. The molecule has 440 valence electrons. The van der Waals surface area contributed by atoms with Gasteiger partial charge in [-0.15, -0.1) is 620 Å². The van der Waals surface area contributed by atoms with Crippen LogP contribution >= 0.6 is 620 Å². The van der Waals surface area contributed by atoms with Crippen molar-refractivity contribution in [2.24, 2.45) is 0 Å². The van der Waals surface area contributed by atoms with Crippen LogP contribution in [0.5, 0.6) is 0 Å². The highest BCUT2D eigenvalue weighted by Gasteiger charge is -0.0966. The summed E-state index contributed by atoms with van der Waals surface area (Å²) in [6.45, 7) is 0. The molecule has 0 aliphatic heterocycles. The molecule has 0 aromatic carbocycles. The second kappa shape index (κ2) is 1510. The lowest BCUT2D eigenvalue weighted by Gasteiger charge is -0.345. The van der Waals surface area contributed by atoms with Crippen LogP contribution in [-0.2, 0) is 0 Å². The van der Waals surface area contributed by atoms with Gasteiger partial charge < -0.3 is 30.8 Å². The fourth-order valence-electron chi connectivity index (χ4n) is 0. The Bertz CT molecular complexity index is 24.2. The summed E-state index contributed by atoms with van der Waals surface area (Å²) in [7, 11) is 0. The zero-order chi connectivity index (χ0) is 0. The van der Waals surface area contributed by atoms with E-state index >= 15 is 0 Å². The van der Waals surface area contributed by atoms with E-state index in [-0.39, 0.29) is 651 Å². The predicted octanol–water partition coefficient (Wildman–Crippen LogP) is 21.9. The molecule has 15 N–H and O–H groups in total. The van der Waals surface area contributed by atoms with Crippen LogP contribution < -0.4 is 30.8 Å². The van der Waals surface area contributed by atoms with Gasteiger partial charge in [-0.1, -0.05) is 0 Å². The van der Waals surface area contributed by atoms with Gasteiger partial charge in [-0.05, 0) is 0 Å². The molecule has 0 saturated heterocycles. The van der Waals surface area contributed by atoms with Crippen molar-refractivity contribution < 1.29 is 0 Å². The second-order valence-electron chi connectivity index (χ2n) is 0. The first kappa shape index (κ1) is 1580. The Morgan fingerprint density at radius 1 is 0.0364 bits per heavy atom. The van der Waals surface area contributed by atoms with Crippen LogP contribution in [0.25, 0.3) is 0 Å². The summed E-state index contributed by atoms with van der Waals surface area (Å²) in [4.78, 5) is 0. The molecule has 0 fully saturated rings. The molecule has 0 aliphatic carbocycles. The van der Waals surface area contributed by atoms with E-state index in [1.165, 1.54) is 0 Å². The molecular weight excluding hydrogens is 1840 g/mol. The van der Waals surface area contributed by atoms with E-state index in [1.54, 1.807) is 0 Å². The number of hydrogen-bond acceptors (Lipinski definition) is 5. The van der Waals surface area contributed by atoms with Crippen molar-refractivity contribution in [3.05, 3.63) is 0 Å². The fraction of sp³-hybridized carbons (Fsp3) is 0. The van der Waals surface area contributed by atoms with Crippen LogP contribution in [-0.4, -0.2) is 0 Å². The largest absolute Gasteiger partial charge is 0.344 e. The molecule has 55 heavy (non-hydrogen) atoms. The number of halogens is 50. The van der Waals surface area contributed by atoms with Gasteiger partial charge in [0.2, 0.25) is 0 Å². The Labute approximate surface area is 640 Å². The Morgan fingerprint density at radius 2 is 0.0364 bits per heavy atom. The maximum atomic E-state index is 0. The highest BCUT2D eigenvalue weighted by molar-refractivity contribution is 5.90. The lowest BCUT2D eigenvalue weighted by Crippen LogP contribution is -0.482. The number of rotatable bonds is 0. The first-order valence-electron chi connectivity index (χ1n) is 0. The summed E-state index contributed by atoms with van der Waals surface area (Å²) >= 11 is 0. The van der Waals surface area contributed by atoms with Crippen molar-refractivity contribution in [3.63, 3.8) is 0 Å². The quantitative estimate of drug-likeness (QED) is 0.162. The molecule has 0 unspecified atom stereocenters. The average Bonchev–Trinajstić information content (AvgIpc) is 0. The van der Waals surface area contributed by atoms with Gasteiger partial charge in [0.25, 0.3) is 0 Å². The molecule has 0 aromatic rings. The van der Waals surface area contributed by atoms with Crippen LogP contribution in [0.4, 0.5) is 0 Å². The van der Waals surface area contributed by atoms with Crippen LogP contribution in [0.3, 0.4) is 0 Å². The molecule has 5 nitrogen and oxygen atoms in total. The first-order chi connectivity index (χ1) is 0. The SMILES string of the molecule is Cl.Cl.Cl.Cl.Cl.Cl.Cl.Cl.Cl.Cl.Cl.Cl.Cl.Cl.Cl.Cl.Cl.Cl.Cl.Cl.Cl.Cl.Cl.Cl.Cl.Cl.Cl.Cl.Cl.Cl.Cl.Cl.Cl.Cl.Cl.Cl.Cl.Cl.Cl.Cl.Cl.Cl.Cl.Cl.Cl.Cl.Cl.Cl.Cl.Cl.N.N.N.N.N. The van der Waals surface area contributed by atoms with Crippen LogP contribution in [0.1, 0.15) is 0 Å². The summed E-state index contributed by atoms with van der Waals surface area (Å²) in [6.07, 6.45) is 0. The van der Waals surface area contributed by atoms with E-state index in [0.29, 0.717) is 0 Å². The molecule has 0 aliphatic rings. The van der Waals surface area contributed by atoms with Gasteiger partial charge in [-0.25, -0.2) is 0 Å². The molecule has 0 heterocycles. The molecule has 0 spiro atoms. The predicted molar refractivity (Wildman–Crippen MR) is 388 cm³/mol. The van der Waals surface area contributed by atoms with E-state index in [0.717, 1.165) is 0 Å². The number of hydrogen-bond donors (Lipinski definition) is 5. The lowest BCUT2D eigenvalue weighted by atomic mass is 14.0. The monoisotopic (exact) mass is 1880 g/mol. The highest BCUT2D eigenvalue weighted by atomic mass is 35.5. The van der Waals surface area contributed by atoms with E-state index in [9.17, 15) is 0 Å².